The number of rotatable bonds is 9. The first kappa shape index (κ1) is 19.9. The number of hydrogen-bond acceptors (Lipinski definition) is 4. The maximum Gasteiger partial charge on any atom is 0.191 e. The van der Waals surface area contributed by atoms with Crippen molar-refractivity contribution < 1.29 is 5.11 Å². The van der Waals surface area contributed by atoms with Gasteiger partial charge in [0.05, 0.1) is 17.8 Å². The van der Waals surface area contributed by atoms with Crippen molar-refractivity contribution in [3.63, 3.8) is 0 Å². The van der Waals surface area contributed by atoms with Crippen LogP contribution in [0.2, 0.25) is 0 Å². The normalized spacial score (nSPS) is 12.5. The van der Waals surface area contributed by atoms with Gasteiger partial charge in [0.15, 0.2) is 5.96 Å². The van der Waals surface area contributed by atoms with E-state index in [1.807, 2.05) is 13.8 Å². The third kappa shape index (κ3) is 6.87. The van der Waals surface area contributed by atoms with Gasteiger partial charge in [0.25, 0.3) is 0 Å². The fourth-order valence-corrected chi connectivity index (χ4v) is 3.43. The van der Waals surface area contributed by atoms with Gasteiger partial charge in [-0.15, -0.1) is 11.3 Å². The lowest BCUT2D eigenvalue weighted by molar-refractivity contribution is 0.0257. The van der Waals surface area contributed by atoms with Gasteiger partial charge in [-0.05, 0) is 33.6 Å². The summed E-state index contributed by atoms with van der Waals surface area (Å²) in [4.78, 5) is 10.4. The second kappa shape index (κ2) is 9.88. The van der Waals surface area contributed by atoms with Gasteiger partial charge in [-0.25, -0.2) is 9.98 Å². The quantitative estimate of drug-likeness (QED) is 0.477. The van der Waals surface area contributed by atoms with E-state index in [0.29, 0.717) is 13.1 Å². The van der Waals surface area contributed by atoms with Crippen LogP contribution in [0.4, 0.5) is 0 Å². The second-order valence-corrected chi connectivity index (χ2v) is 7.31. The number of guanidine groups is 1. The van der Waals surface area contributed by atoms with Crippen LogP contribution in [0, 0.1) is 13.8 Å². The summed E-state index contributed by atoms with van der Waals surface area (Å²) < 4.78 is 0. The number of hydrogen-bond donors (Lipinski definition) is 3. The molecule has 0 atom stereocenters. The molecule has 0 fully saturated rings. The summed E-state index contributed by atoms with van der Waals surface area (Å²) in [5.41, 5.74) is 0.423. The van der Waals surface area contributed by atoms with Crippen LogP contribution < -0.4 is 10.6 Å². The number of nitrogens with zero attached hydrogens (tertiary/aromatic N) is 2. The van der Waals surface area contributed by atoms with Gasteiger partial charge in [-0.2, -0.15) is 0 Å². The molecule has 0 unspecified atom stereocenters. The first-order valence-corrected chi connectivity index (χ1v) is 9.43. The Morgan fingerprint density at radius 3 is 2.30 bits per heavy atom. The van der Waals surface area contributed by atoms with Crippen molar-refractivity contribution in [2.24, 2.45) is 4.99 Å². The van der Waals surface area contributed by atoms with Crippen molar-refractivity contribution in [2.45, 2.75) is 72.4 Å². The highest BCUT2D eigenvalue weighted by molar-refractivity contribution is 7.11. The minimum Gasteiger partial charge on any atom is -0.388 e. The van der Waals surface area contributed by atoms with Gasteiger partial charge < -0.3 is 15.7 Å². The smallest absolute Gasteiger partial charge is 0.191 e. The van der Waals surface area contributed by atoms with E-state index in [1.165, 1.54) is 4.88 Å². The van der Waals surface area contributed by atoms with E-state index in [9.17, 15) is 5.11 Å². The highest BCUT2D eigenvalue weighted by Gasteiger charge is 2.24. The van der Waals surface area contributed by atoms with Gasteiger partial charge >= 0.3 is 0 Å². The predicted molar refractivity (Wildman–Crippen MR) is 99.2 cm³/mol. The molecule has 1 aromatic rings. The average Bonchev–Trinajstić information content (AvgIpc) is 2.81. The Labute approximate surface area is 144 Å². The van der Waals surface area contributed by atoms with Crippen LogP contribution in [0.25, 0.3) is 0 Å². The molecule has 0 saturated heterocycles. The highest BCUT2D eigenvalue weighted by atomic mass is 32.1. The Hall–Kier alpha value is -1.14. The van der Waals surface area contributed by atoms with Crippen LogP contribution in [0.1, 0.15) is 62.0 Å². The Bertz CT molecular complexity index is 473. The molecule has 0 saturated carbocycles. The van der Waals surface area contributed by atoms with Crippen molar-refractivity contribution in [1.29, 1.82) is 0 Å². The van der Waals surface area contributed by atoms with Crippen LogP contribution in [-0.4, -0.2) is 34.7 Å². The van der Waals surface area contributed by atoms with Crippen molar-refractivity contribution in [2.75, 3.05) is 13.1 Å². The molecule has 1 aromatic heterocycles. The molecular formula is C17H32N4OS. The molecule has 0 amide bonds. The van der Waals surface area contributed by atoms with Crippen molar-refractivity contribution in [3.05, 3.63) is 15.6 Å². The van der Waals surface area contributed by atoms with E-state index in [4.69, 9.17) is 0 Å². The Balaban J connectivity index is 2.67. The first-order chi connectivity index (χ1) is 10.9. The summed E-state index contributed by atoms with van der Waals surface area (Å²) in [5, 5.41) is 18.2. The zero-order valence-electron chi connectivity index (χ0n) is 15.2. The first-order valence-electron chi connectivity index (χ1n) is 8.61. The van der Waals surface area contributed by atoms with Crippen LogP contribution >= 0.6 is 11.3 Å². The largest absolute Gasteiger partial charge is 0.388 e. The Kier molecular flexibility index (Phi) is 8.55. The highest BCUT2D eigenvalue weighted by Crippen LogP contribution is 2.19. The molecule has 0 aliphatic carbocycles. The third-order valence-corrected chi connectivity index (χ3v) is 4.86. The van der Waals surface area contributed by atoms with Crippen LogP contribution in [0.5, 0.6) is 0 Å². The number of thiazole rings is 1. The molecule has 0 aliphatic heterocycles. The van der Waals surface area contributed by atoms with E-state index in [-0.39, 0.29) is 0 Å². The van der Waals surface area contributed by atoms with Crippen molar-refractivity contribution in [3.8, 4) is 0 Å². The monoisotopic (exact) mass is 340 g/mol. The second-order valence-electron chi connectivity index (χ2n) is 6.02. The summed E-state index contributed by atoms with van der Waals surface area (Å²) in [5.74, 6) is 0.739. The van der Waals surface area contributed by atoms with E-state index in [2.05, 4.69) is 41.4 Å². The zero-order chi connectivity index (χ0) is 17.3. The van der Waals surface area contributed by atoms with Crippen LogP contribution in [0.15, 0.2) is 4.99 Å². The number of aliphatic imine (C=N–C) groups is 1. The fourth-order valence-electron chi connectivity index (χ4n) is 2.58. The molecule has 5 nitrogen and oxygen atoms in total. The summed E-state index contributed by atoms with van der Waals surface area (Å²) in [6, 6.07) is 0. The molecule has 132 valence electrons. The molecule has 3 N–H and O–H groups in total. The SMILES string of the molecule is CCCC(O)(CCC)CNC(=NCc1nc(C)c(C)s1)NCC. The molecule has 0 aromatic carbocycles. The molecule has 0 bridgehead atoms. The van der Waals surface area contributed by atoms with Gasteiger partial charge in [0.1, 0.15) is 5.01 Å². The van der Waals surface area contributed by atoms with Gasteiger partial charge in [0, 0.05) is 18.0 Å². The minimum atomic E-state index is -0.659. The average molecular weight is 341 g/mol. The van der Waals surface area contributed by atoms with Crippen molar-refractivity contribution >= 4 is 17.3 Å². The molecule has 1 heterocycles. The summed E-state index contributed by atoms with van der Waals surface area (Å²) in [6.07, 6.45) is 3.56. The third-order valence-electron chi connectivity index (χ3n) is 3.81. The van der Waals surface area contributed by atoms with Gasteiger partial charge in [-0.3, -0.25) is 0 Å². The van der Waals surface area contributed by atoms with Gasteiger partial charge in [-0.1, -0.05) is 26.7 Å². The molecule has 23 heavy (non-hydrogen) atoms. The lowest BCUT2D eigenvalue weighted by atomic mass is 9.93. The summed E-state index contributed by atoms with van der Waals surface area (Å²) in [6.45, 7) is 12.2. The van der Waals surface area contributed by atoms with E-state index in [1.54, 1.807) is 11.3 Å². The molecule has 6 heteroatoms. The lowest BCUT2D eigenvalue weighted by Gasteiger charge is -2.28. The minimum absolute atomic E-state index is 0.524. The van der Waals surface area contributed by atoms with E-state index in [0.717, 1.165) is 48.9 Å². The van der Waals surface area contributed by atoms with Gasteiger partial charge in [0.2, 0.25) is 0 Å². The maximum absolute atomic E-state index is 10.7. The standard InChI is InChI=1S/C17H32N4OS/c1-6-9-17(22,10-7-2)12-20-16(18-8-3)19-11-15-21-13(4)14(5)23-15/h22H,6-12H2,1-5H3,(H2,18,19,20). The fraction of sp³-hybridized carbons (Fsp3) is 0.765. The Morgan fingerprint density at radius 1 is 1.17 bits per heavy atom. The van der Waals surface area contributed by atoms with Crippen molar-refractivity contribution in [1.82, 2.24) is 15.6 Å². The van der Waals surface area contributed by atoms with E-state index < -0.39 is 5.60 Å². The molecule has 0 aliphatic rings. The summed E-state index contributed by atoms with van der Waals surface area (Å²) >= 11 is 1.69. The van der Waals surface area contributed by atoms with E-state index >= 15 is 0 Å². The summed E-state index contributed by atoms with van der Waals surface area (Å²) in [7, 11) is 0. The number of aryl methyl sites for hydroxylation is 2. The molecule has 0 spiro atoms. The van der Waals surface area contributed by atoms with Crippen LogP contribution in [0.3, 0.4) is 0 Å². The number of aromatic nitrogens is 1. The van der Waals surface area contributed by atoms with Crippen LogP contribution in [-0.2, 0) is 6.54 Å². The Morgan fingerprint density at radius 2 is 1.83 bits per heavy atom. The molecule has 1 rings (SSSR count). The molecule has 0 radical (unpaired) electrons. The number of nitrogens with one attached hydrogen (secondary N) is 2. The zero-order valence-corrected chi connectivity index (χ0v) is 16.0. The topological polar surface area (TPSA) is 69.5 Å². The predicted octanol–water partition coefficient (Wildman–Crippen LogP) is 3.15. The number of aliphatic hydroxyl groups is 1. The molecular weight excluding hydrogens is 308 g/mol. The lowest BCUT2D eigenvalue weighted by Crippen LogP contribution is -2.47. The maximum atomic E-state index is 10.7.